The average molecular weight is 545 g/mol. The predicted molar refractivity (Wildman–Crippen MR) is 104 cm³/mol. The van der Waals surface area contributed by atoms with Crippen LogP contribution in [0.1, 0.15) is 0 Å². The molecule has 0 atom stereocenters. The molecule has 5 heteroatoms. The molecule has 0 saturated heterocycles. The molecule has 1 aliphatic rings. The summed E-state index contributed by atoms with van der Waals surface area (Å²) < 4.78 is 0. The van der Waals surface area contributed by atoms with E-state index in [9.17, 15) is 0 Å². The minimum absolute atomic E-state index is 1.15. The van der Waals surface area contributed by atoms with Gasteiger partial charge in [-0.1, -0.05) is 0 Å². The molecule has 1 aliphatic heterocycles. The van der Waals surface area contributed by atoms with Crippen molar-refractivity contribution in [1.82, 2.24) is 0 Å². The van der Waals surface area contributed by atoms with E-state index in [-0.39, 0.29) is 0 Å². The van der Waals surface area contributed by atoms with Crippen molar-refractivity contribution in [3.05, 3.63) is 42.5 Å². The summed E-state index contributed by atoms with van der Waals surface area (Å²) in [7, 11) is 6.51. The molecule has 0 aliphatic carbocycles. The SMILES string of the molecule is [CH3][Sn+]([CH3])[S]c1cccc(-c2ccc3c(c2)[S][Sn]([CH3])([CH3])[S]3)c1. The summed E-state index contributed by atoms with van der Waals surface area (Å²) in [4.78, 5) is 14.4. The van der Waals surface area contributed by atoms with Crippen LogP contribution in [0.2, 0.25) is 19.8 Å². The van der Waals surface area contributed by atoms with Crippen LogP contribution in [-0.4, -0.2) is 34.0 Å². The standard InChI is InChI=1S/C12H10S3.4CH3.2Sn/c13-10-3-1-2-8(6-10)9-4-5-11(14)12(15)7-9;;;;;;/h1-7,13-15H;4*1H3;;/q;;;;;2*+2/p-3. The van der Waals surface area contributed by atoms with Gasteiger partial charge in [-0.2, -0.15) is 0 Å². The van der Waals surface area contributed by atoms with E-state index in [1.807, 2.05) is 0 Å². The third-order valence-electron chi connectivity index (χ3n) is 3.14. The van der Waals surface area contributed by atoms with Gasteiger partial charge in [0.2, 0.25) is 0 Å². The van der Waals surface area contributed by atoms with Gasteiger partial charge in [0.1, 0.15) is 0 Å². The Labute approximate surface area is 147 Å². The number of benzene rings is 2. The third kappa shape index (κ3) is 4.34. The zero-order chi connectivity index (χ0) is 15.0. The molecular weight excluding hydrogens is 526 g/mol. The van der Waals surface area contributed by atoms with Gasteiger partial charge in [-0.25, -0.2) is 0 Å². The quantitative estimate of drug-likeness (QED) is 0.400. The van der Waals surface area contributed by atoms with Gasteiger partial charge in [-0.15, -0.1) is 0 Å². The van der Waals surface area contributed by atoms with E-state index >= 15 is 0 Å². The normalized spacial score (nSPS) is 15.8. The van der Waals surface area contributed by atoms with Crippen LogP contribution in [0.3, 0.4) is 0 Å². The van der Waals surface area contributed by atoms with Gasteiger partial charge in [0.15, 0.2) is 0 Å². The zero-order valence-electron chi connectivity index (χ0n) is 12.8. The van der Waals surface area contributed by atoms with E-state index in [0.29, 0.717) is 0 Å². The first-order valence-electron chi connectivity index (χ1n) is 7.03. The van der Waals surface area contributed by atoms with Crippen LogP contribution >= 0.6 is 26.8 Å². The molecule has 21 heavy (non-hydrogen) atoms. The second-order valence-corrected chi connectivity index (χ2v) is 47.1. The van der Waals surface area contributed by atoms with E-state index in [4.69, 9.17) is 0 Å². The van der Waals surface area contributed by atoms with E-state index in [0.717, 1.165) is 0 Å². The maximum absolute atomic E-state index is 2.51. The minimum atomic E-state index is -1.90. The van der Waals surface area contributed by atoms with Crippen LogP contribution in [0.15, 0.2) is 57.2 Å². The van der Waals surface area contributed by atoms with Gasteiger partial charge in [0.25, 0.3) is 0 Å². The predicted octanol–water partition coefficient (Wildman–Crippen LogP) is 6.60. The Morgan fingerprint density at radius 2 is 1.62 bits per heavy atom. The number of hydrogen-bond acceptors (Lipinski definition) is 3. The summed E-state index contributed by atoms with van der Waals surface area (Å²) in [6.07, 6.45) is 0. The molecule has 0 nitrogen and oxygen atoms in total. The Morgan fingerprint density at radius 3 is 2.38 bits per heavy atom. The van der Waals surface area contributed by atoms with Gasteiger partial charge in [0, 0.05) is 0 Å². The zero-order valence-corrected chi connectivity index (χ0v) is 20.9. The molecule has 3 rings (SSSR count). The summed E-state index contributed by atoms with van der Waals surface area (Å²) in [6, 6.07) is 16.2. The van der Waals surface area contributed by atoms with Gasteiger partial charge >= 0.3 is 149 Å². The van der Waals surface area contributed by atoms with E-state index in [2.05, 4.69) is 89.1 Å². The Kier molecular flexibility index (Phi) is 5.57. The van der Waals surface area contributed by atoms with Crippen molar-refractivity contribution in [2.24, 2.45) is 0 Å². The van der Waals surface area contributed by atoms with Crippen LogP contribution in [0.5, 0.6) is 0 Å². The first kappa shape index (κ1) is 16.9. The molecule has 0 spiro atoms. The fourth-order valence-electron chi connectivity index (χ4n) is 2.38. The molecule has 0 N–H and O–H groups in total. The molecule has 0 fully saturated rings. The molecule has 0 unspecified atom stereocenters. The van der Waals surface area contributed by atoms with E-state index < -0.39 is 34.0 Å². The van der Waals surface area contributed by atoms with Crippen molar-refractivity contribution < 1.29 is 0 Å². The summed E-state index contributed by atoms with van der Waals surface area (Å²) in [5, 5.41) is 0. The van der Waals surface area contributed by atoms with Crippen molar-refractivity contribution in [2.75, 3.05) is 0 Å². The maximum atomic E-state index is 2.51. The van der Waals surface area contributed by atoms with Crippen molar-refractivity contribution in [1.29, 1.82) is 0 Å². The molecule has 0 radical (unpaired) electrons. The average Bonchev–Trinajstić information content (AvgIpc) is 2.71. The Bertz CT molecular complexity index is 668. The third-order valence-corrected chi connectivity index (χ3v) is 27.3. The van der Waals surface area contributed by atoms with Crippen LogP contribution in [-0.2, 0) is 0 Å². The number of rotatable bonds is 3. The van der Waals surface area contributed by atoms with Crippen LogP contribution < -0.4 is 0 Å². The molecule has 108 valence electrons. The number of fused-ring (bicyclic) bond motifs is 1. The fraction of sp³-hybridized carbons (Fsp3) is 0.250. The van der Waals surface area contributed by atoms with Crippen LogP contribution in [0, 0.1) is 0 Å². The van der Waals surface area contributed by atoms with Crippen molar-refractivity contribution in [2.45, 2.75) is 34.4 Å². The van der Waals surface area contributed by atoms with Crippen molar-refractivity contribution in [3.8, 4) is 11.1 Å². The fourth-order valence-corrected chi connectivity index (χ4v) is 28.4. The summed E-state index contributed by atoms with van der Waals surface area (Å²) in [5.74, 6) is 0. The Hall–Kier alpha value is 1.09. The van der Waals surface area contributed by atoms with E-state index in [1.165, 1.54) is 25.8 Å². The first-order valence-corrected chi connectivity index (χ1v) is 31.4. The molecule has 0 amide bonds. The monoisotopic (exact) mass is 547 g/mol. The molecule has 0 bridgehead atoms. The summed E-state index contributed by atoms with van der Waals surface area (Å²) in [6.45, 7) is 0. The van der Waals surface area contributed by atoms with Crippen molar-refractivity contribution >= 4 is 60.8 Å². The second kappa shape index (κ2) is 6.91. The van der Waals surface area contributed by atoms with E-state index in [1.54, 1.807) is 0 Å². The first-order chi connectivity index (χ1) is 9.93. The van der Waals surface area contributed by atoms with Crippen LogP contribution in [0.25, 0.3) is 11.1 Å². The van der Waals surface area contributed by atoms with Gasteiger partial charge in [-0.3, -0.25) is 0 Å². The molecule has 2 aromatic carbocycles. The number of hydrogen-bond donors (Lipinski definition) is 0. The Balaban J connectivity index is 1.92. The van der Waals surface area contributed by atoms with Crippen molar-refractivity contribution in [3.63, 3.8) is 0 Å². The Morgan fingerprint density at radius 1 is 0.905 bits per heavy atom. The van der Waals surface area contributed by atoms with Gasteiger partial charge < -0.3 is 0 Å². The molecule has 0 saturated carbocycles. The topological polar surface area (TPSA) is 0 Å². The molecule has 1 heterocycles. The summed E-state index contributed by atoms with van der Waals surface area (Å²) >= 11 is -3.04. The summed E-state index contributed by atoms with van der Waals surface area (Å²) in [5.41, 5.74) is 2.75. The van der Waals surface area contributed by atoms with Gasteiger partial charge in [0.05, 0.1) is 0 Å². The second-order valence-electron chi connectivity index (χ2n) is 5.80. The molecule has 0 aromatic heterocycles. The molecular formula is C16H19S3Sn2+. The molecule has 2 aromatic rings. The van der Waals surface area contributed by atoms with Gasteiger partial charge in [-0.05, 0) is 0 Å². The van der Waals surface area contributed by atoms with Crippen LogP contribution in [0.4, 0.5) is 0 Å².